The van der Waals surface area contributed by atoms with Crippen LogP contribution in [0.3, 0.4) is 0 Å². The van der Waals surface area contributed by atoms with E-state index < -0.39 is 0 Å². The number of benzene rings is 2. The van der Waals surface area contributed by atoms with Crippen LogP contribution in [0.15, 0.2) is 53.3 Å². The van der Waals surface area contributed by atoms with Crippen molar-refractivity contribution in [3.05, 3.63) is 64.6 Å². The third-order valence-electron chi connectivity index (χ3n) is 4.32. The maximum absolute atomic E-state index is 12.6. The fourth-order valence-corrected chi connectivity index (χ4v) is 2.84. The summed E-state index contributed by atoms with van der Waals surface area (Å²) in [5, 5.41) is 8.45. The molecule has 0 fully saturated rings. The smallest absolute Gasteiger partial charge is 0.274 e. The average Bonchev–Trinajstić information content (AvgIpc) is 2.76. The van der Waals surface area contributed by atoms with Gasteiger partial charge in [0.25, 0.3) is 11.5 Å². The lowest BCUT2D eigenvalue weighted by molar-refractivity contribution is -0.123. The van der Waals surface area contributed by atoms with Crippen LogP contribution in [0.2, 0.25) is 0 Å². The van der Waals surface area contributed by atoms with Gasteiger partial charge in [-0.1, -0.05) is 24.3 Å². The number of nitrogens with one attached hydrogen (secondary N) is 1. The molecule has 3 aromatic rings. The maximum Gasteiger partial charge on any atom is 0.274 e. The minimum atomic E-state index is -0.298. The van der Waals surface area contributed by atoms with Crippen LogP contribution < -0.4 is 20.3 Å². The summed E-state index contributed by atoms with van der Waals surface area (Å²) in [6.45, 7) is 0.730. The Labute approximate surface area is 168 Å². The number of carbonyl (C=O) groups is 1. The lowest BCUT2D eigenvalue weighted by Gasteiger charge is -2.12. The number of amides is 1. The number of rotatable bonds is 9. The van der Waals surface area contributed by atoms with E-state index in [0.29, 0.717) is 41.1 Å². The number of carbonyl (C=O) groups excluding carboxylic acids is 1. The highest BCUT2D eigenvalue weighted by atomic mass is 16.5. The molecule has 8 nitrogen and oxygen atoms in total. The summed E-state index contributed by atoms with van der Waals surface area (Å²) in [7, 11) is 3.13. The number of methoxy groups -OCH3 is 2. The van der Waals surface area contributed by atoms with Crippen LogP contribution in [0, 0.1) is 0 Å². The van der Waals surface area contributed by atoms with Crippen LogP contribution in [0.1, 0.15) is 5.69 Å². The molecule has 0 atom stereocenters. The van der Waals surface area contributed by atoms with Gasteiger partial charge in [-0.25, -0.2) is 4.68 Å². The van der Waals surface area contributed by atoms with E-state index in [9.17, 15) is 9.59 Å². The largest absolute Gasteiger partial charge is 0.497 e. The first kappa shape index (κ1) is 20.3. The Kier molecular flexibility index (Phi) is 6.80. The topological polar surface area (TPSA) is 91.7 Å². The van der Waals surface area contributed by atoms with E-state index in [1.54, 1.807) is 50.6 Å². The first-order valence-corrected chi connectivity index (χ1v) is 9.13. The van der Waals surface area contributed by atoms with Gasteiger partial charge in [-0.3, -0.25) is 9.59 Å². The van der Waals surface area contributed by atoms with Crippen molar-refractivity contribution in [3.63, 3.8) is 0 Å². The fraction of sp³-hybridized carbons (Fsp3) is 0.286. The maximum atomic E-state index is 12.6. The Morgan fingerprint density at radius 1 is 1.07 bits per heavy atom. The summed E-state index contributed by atoms with van der Waals surface area (Å²) in [6.07, 6.45) is 0. The molecule has 1 N–H and O–H groups in total. The molecular formula is C21H23N3O5. The highest BCUT2D eigenvalue weighted by Crippen LogP contribution is 2.18. The van der Waals surface area contributed by atoms with Gasteiger partial charge in [0.1, 0.15) is 11.5 Å². The van der Waals surface area contributed by atoms with E-state index in [1.165, 1.54) is 4.68 Å². The predicted octanol–water partition coefficient (Wildman–Crippen LogP) is 1.75. The molecule has 0 unspecified atom stereocenters. The van der Waals surface area contributed by atoms with E-state index in [1.807, 2.05) is 12.1 Å². The van der Waals surface area contributed by atoms with Gasteiger partial charge in [-0.2, -0.15) is 5.10 Å². The molecule has 0 spiro atoms. The van der Waals surface area contributed by atoms with Gasteiger partial charge in [0.2, 0.25) is 0 Å². The Morgan fingerprint density at radius 3 is 2.59 bits per heavy atom. The van der Waals surface area contributed by atoms with Crippen molar-refractivity contribution < 1.29 is 19.0 Å². The highest BCUT2D eigenvalue weighted by molar-refractivity contribution is 5.84. The zero-order valence-corrected chi connectivity index (χ0v) is 16.4. The fourth-order valence-electron chi connectivity index (χ4n) is 2.84. The average molecular weight is 397 g/mol. The molecule has 0 aliphatic carbocycles. The van der Waals surface area contributed by atoms with Crippen LogP contribution in [0.5, 0.6) is 11.5 Å². The molecule has 152 valence electrons. The number of aromatic nitrogens is 2. The van der Waals surface area contributed by atoms with Gasteiger partial charge >= 0.3 is 0 Å². The third-order valence-corrected chi connectivity index (χ3v) is 4.32. The van der Waals surface area contributed by atoms with Gasteiger partial charge in [-0.15, -0.1) is 0 Å². The van der Waals surface area contributed by atoms with Crippen LogP contribution >= 0.6 is 0 Å². The van der Waals surface area contributed by atoms with Crippen molar-refractivity contribution in [1.82, 2.24) is 15.1 Å². The number of fused-ring (bicyclic) bond motifs is 1. The second-order valence-electron chi connectivity index (χ2n) is 6.26. The predicted molar refractivity (Wildman–Crippen MR) is 108 cm³/mol. The summed E-state index contributed by atoms with van der Waals surface area (Å²) in [5.41, 5.74) is 0.417. The summed E-state index contributed by atoms with van der Waals surface area (Å²) >= 11 is 0. The molecule has 1 heterocycles. The third kappa shape index (κ3) is 5.11. The molecule has 3 rings (SSSR count). The van der Waals surface area contributed by atoms with Crippen LogP contribution in [0.4, 0.5) is 0 Å². The minimum absolute atomic E-state index is 0.144. The SMILES string of the molecule is COCCn1nc(CNC(=O)COc2cccc(OC)c2)c2ccccc2c1=O. The van der Waals surface area contributed by atoms with E-state index in [-0.39, 0.29) is 24.6 Å². The summed E-state index contributed by atoms with van der Waals surface area (Å²) in [5.74, 6) is 0.890. The van der Waals surface area contributed by atoms with Gasteiger partial charge in [0, 0.05) is 18.6 Å². The Balaban J connectivity index is 1.69. The molecule has 1 aromatic heterocycles. The molecule has 0 aliphatic heterocycles. The standard InChI is InChI=1S/C21H23N3O5/c1-27-11-10-24-21(26)18-9-4-3-8-17(18)19(23-24)13-22-20(25)14-29-16-7-5-6-15(12-16)28-2/h3-9,12H,10-11,13-14H2,1-2H3,(H,22,25). The van der Waals surface area contributed by atoms with E-state index in [2.05, 4.69) is 10.4 Å². The van der Waals surface area contributed by atoms with Crippen molar-refractivity contribution in [2.75, 3.05) is 27.4 Å². The number of ether oxygens (including phenoxy) is 3. The Hall–Kier alpha value is -3.39. The first-order chi connectivity index (χ1) is 14.1. The molecule has 0 radical (unpaired) electrons. The quantitative estimate of drug-likeness (QED) is 0.591. The lowest BCUT2D eigenvalue weighted by Crippen LogP contribution is -2.31. The molecule has 2 aromatic carbocycles. The zero-order valence-electron chi connectivity index (χ0n) is 16.4. The molecular weight excluding hydrogens is 374 g/mol. The van der Waals surface area contributed by atoms with Crippen molar-refractivity contribution in [3.8, 4) is 11.5 Å². The van der Waals surface area contributed by atoms with Gasteiger partial charge < -0.3 is 19.5 Å². The van der Waals surface area contributed by atoms with Crippen LogP contribution in [0.25, 0.3) is 10.8 Å². The molecule has 1 amide bonds. The Morgan fingerprint density at radius 2 is 1.83 bits per heavy atom. The number of nitrogens with zero attached hydrogens (tertiary/aromatic N) is 2. The second kappa shape index (κ2) is 9.70. The van der Waals surface area contributed by atoms with Crippen LogP contribution in [-0.4, -0.2) is 43.1 Å². The molecule has 29 heavy (non-hydrogen) atoms. The van der Waals surface area contributed by atoms with Crippen molar-refractivity contribution in [2.45, 2.75) is 13.1 Å². The van der Waals surface area contributed by atoms with Gasteiger partial charge in [-0.05, 0) is 18.2 Å². The van der Waals surface area contributed by atoms with Crippen molar-refractivity contribution in [2.24, 2.45) is 0 Å². The number of hydrogen-bond donors (Lipinski definition) is 1. The van der Waals surface area contributed by atoms with Gasteiger partial charge in [0.05, 0.1) is 37.9 Å². The van der Waals surface area contributed by atoms with Crippen LogP contribution in [-0.2, 0) is 22.6 Å². The van der Waals surface area contributed by atoms with Crippen molar-refractivity contribution in [1.29, 1.82) is 0 Å². The molecule has 0 saturated carbocycles. The van der Waals surface area contributed by atoms with E-state index in [0.717, 1.165) is 0 Å². The monoisotopic (exact) mass is 397 g/mol. The van der Waals surface area contributed by atoms with Gasteiger partial charge in [0.15, 0.2) is 6.61 Å². The first-order valence-electron chi connectivity index (χ1n) is 9.13. The Bertz CT molecular complexity index is 1050. The minimum Gasteiger partial charge on any atom is -0.497 e. The molecule has 0 aliphatic rings. The molecule has 0 bridgehead atoms. The number of hydrogen-bond acceptors (Lipinski definition) is 6. The second-order valence-corrected chi connectivity index (χ2v) is 6.26. The van der Waals surface area contributed by atoms with Crippen molar-refractivity contribution >= 4 is 16.7 Å². The summed E-state index contributed by atoms with van der Waals surface area (Å²) < 4.78 is 17.0. The molecule has 0 saturated heterocycles. The highest BCUT2D eigenvalue weighted by Gasteiger charge is 2.12. The van der Waals surface area contributed by atoms with E-state index >= 15 is 0 Å². The molecule has 8 heteroatoms. The summed E-state index contributed by atoms with van der Waals surface area (Å²) in [6, 6.07) is 14.2. The summed E-state index contributed by atoms with van der Waals surface area (Å²) in [4.78, 5) is 24.8. The zero-order chi connectivity index (χ0) is 20.6. The normalized spacial score (nSPS) is 10.7. The lowest BCUT2D eigenvalue weighted by atomic mass is 10.1. The van der Waals surface area contributed by atoms with E-state index in [4.69, 9.17) is 14.2 Å².